The van der Waals surface area contributed by atoms with Crippen LogP contribution in [0, 0.1) is 11.8 Å². The number of hydrogen-bond donors (Lipinski definition) is 8. The Labute approximate surface area is 377 Å². The molecule has 0 spiro atoms. The van der Waals surface area contributed by atoms with Crippen LogP contribution in [0.4, 0.5) is 0 Å². The Bertz CT molecular complexity index is 1920. The highest BCUT2D eigenvalue weighted by Gasteiger charge is 2.31. The average Bonchev–Trinajstić information content (AvgIpc) is 3.27. The molecule has 342 valence electrons. The lowest BCUT2D eigenvalue weighted by Gasteiger charge is -2.25. The van der Waals surface area contributed by atoms with E-state index in [1.807, 2.05) is 149 Å². The predicted octanol–water partition coefficient (Wildman–Crippen LogP) is 2.88. The van der Waals surface area contributed by atoms with Crippen LogP contribution in [0.3, 0.4) is 0 Å². The molecular weight excluding hydrogens is 809 g/mol. The number of nitrogens with two attached hydrogens (primary N) is 2. The van der Waals surface area contributed by atoms with Crippen LogP contribution in [0.5, 0.6) is 0 Å². The van der Waals surface area contributed by atoms with Gasteiger partial charge in [-0.2, -0.15) is 0 Å². The summed E-state index contributed by atoms with van der Waals surface area (Å²) in [6.45, 7) is 7.81. The molecule has 0 saturated heterocycles. The maximum absolute atomic E-state index is 14.0. The highest BCUT2D eigenvalue weighted by molar-refractivity contribution is 5.94. The Hall–Kier alpha value is -6.38. The van der Waals surface area contributed by atoms with Crippen molar-refractivity contribution in [2.24, 2.45) is 23.3 Å². The zero-order chi connectivity index (χ0) is 46.4. The third kappa shape index (κ3) is 17.8. The molecule has 0 heterocycles. The van der Waals surface area contributed by atoms with Crippen molar-refractivity contribution in [3.8, 4) is 0 Å². The van der Waals surface area contributed by atoms with Crippen molar-refractivity contribution in [1.82, 2.24) is 31.9 Å². The average molecular weight is 875 g/mol. The van der Waals surface area contributed by atoms with Gasteiger partial charge < -0.3 is 43.4 Å². The molecule has 0 saturated carbocycles. The van der Waals surface area contributed by atoms with Gasteiger partial charge >= 0.3 is 0 Å². The normalized spacial score (nSPS) is 13.9. The first-order valence-corrected chi connectivity index (χ1v) is 22.1. The summed E-state index contributed by atoms with van der Waals surface area (Å²) in [5.41, 5.74) is 15.6. The van der Waals surface area contributed by atoms with Crippen molar-refractivity contribution in [3.63, 3.8) is 0 Å². The first-order chi connectivity index (χ1) is 30.7. The van der Waals surface area contributed by atoms with Crippen molar-refractivity contribution in [1.29, 1.82) is 0 Å². The van der Waals surface area contributed by atoms with Gasteiger partial charge in [0, 0.05) is 38.8 Å². The number of amides is 6. The lowest BCUT2D eigenvalue weighted by molar-refractivity contribution is -0.132. The van der Waals surface area contributed by atoms with E-state index in [1.165, 1.54) is 0 Å². The molecule has 4 aromatic carbocycles. The van der Waals surface area contributed by atoms with E-state index in [2.05, 4.69) is 31.9 Å². The van der Waals surface area contributed by atoms with E-state index >= 15 is 0 Å². The zero-order valence-corrected chi connectivity index (χ0v) is 37.4. The van der Waals surface area contributed by atoms with E-state index in [0.29, 0.717) is 12.8 Å². The molecule has 0 unspecified atom stereocenters. The van der Waals surface area contributed by atoms with E-state index in [9.17, 15) is 28.8 Å². The molecule has 0 aliphatic heterocycles. The Balaban J connectivity index is 1.46. The van der Waals surface area contributed by atoms with Crippen molar-refractivity contribution in [2.75, 3.05) is 13.1 Å². The fraction of sp³-hybridized carbons (Fsp3) is 0.400. The van der Waals surface area contributed by atoms with Gasteiger partial charge in [0.1, 0.15) is 24.2 Å². The van der Waals surface area contributed by atoms with Crippen LogP contribution in [0.1, 0.15) is 62.8 Å². The van der Waals surface area contributed by atoms with Crippen LogP contribution in [-0.2, 0) is 54.5 Å². The molecule has 0 aliphatic carbocycles. The minimum absolute atomic E-state index is 0.00754. The molecule has 4 rings (SSSR count). The third-order valence-corrected chi connectivity index (χ3v) is 10.5. The number of nitrogens with one attached hydrogen (secondary N) is 6. The Morgan fingerprint density at radius 2 is 0.609 bits per heavy atom. The fourth-order valence-electron chi connectivity index (χ4n) is 7.19. The summed E-state index contributed by atoms with van der Waals surface area (Å²) >= 11 is 0. The van der Waals surface area contributed by atoms with Gasteiger partial charge in [-0.25, -0.2) is 0 Å². The largest absolute Gasteiger partial charge is 0.353 e. The minimum atomic E-state index is -1.04. The molecular formula is C50H66N8O6. The van der Waals surface area contributed by atoms with Crippen molar-refractivity contribution in [3.05, 3.63) is 144 Å². The smallest absolute Gasteiger partial charge is 0.243 e. The molecule has 0 aliphatic rings. The van der Waals surface area contributed by atoms with E-state index in [-0.39, 0.29) is 50.6 Å². The van der Waals surface area contributed by atoms with Gasteiger partial charge in [0.15, 0.2) is 0 Å². The molecule has 10 N–H and O–H groups in total. The summed E-state index contributed by atoms with van der Waals surface area (Å²) in [5, 5.41) is 17.0. The summed E-state index contributed by atoms with van der Waals surface area (Å²) < 4.78 is 0. The van der Waals surface area contributed by atoms with E-state index in [4.69, 9.17) is 11.5 Å². The lowest BCUT2D eigenvalue weighted by atomic mass is 10.0. The van der Waals surface area contributed by atoms with Crippen LogP contribution in [0.2, 0.25) is 0 Å². The number of hydrogen-bond acceptors (Lipinski definition) is 8. The molecule has 4 aromatic rings. The molecule has 0 bridgehead atoms. The quantitative estimate of drug-likeness (QED) is 0.0461. The second-order valence-corrected chi connectivity index (χ2v) is 17.1. The molecule has 0 fully saturated rings. The van der Waals surface area contributed by atoms with E-state index in [1.54, 1.807) is 0 Å². The number of carbonyl (C=O) groups excluding carboxylic acids is 6. The van der Waals surface area contributed by atoms with Crippen molar-refractivity contribution < 1.29 is 28.8 Å². The highest BCUT2D eigenvalue weighted by atomic mass is 16.2. The lowest BCUT2D eigenvalue weighted by Crippen LogP contribution is -2.58. The van der Waals surface area contributed by atoms with Gasteiger partial charge in [0.05, 0.1) is 12.1 Å². The maximum atomic E-state index is 14.0. The monoisotopic (exact) mass is 875 g/mol. The first kappa shape index (κ1) is 50.3. The van der Waals surface area contributed by atoms with Crippen LogP contribution >= 0.6 is 0 Å². The van der Waals surface area contributed by atoms with Gasteiger partial charge in [0.25, 0.3) is 0 Å². The predicted molar refractivity (Wildman–Crippen MR) is 249 cm³/mol. The molecule has 6 amide bonds. The van der Waals surface area contributed by atoms with Gasteiger partial charge in [0.2, 0.25) is 35.4 Å². The molecule has 6 atom stereocenters. The zero-order valence-electron chi connectivity index (χ0n) is 37.4. The van der Waals surface area contributed by atoms with Crippen LogP contribution in [0.15, 0.2) is 121 Å². The Kier molecular flexibility index (Phi) is 20.7. The Morgan fingerprint density at radius 1 is 0.375 bits per heavy atom. The van der Waals surface area contributed by atoms with Crippen molar-refractivity contribution in [2.45, 2.75) is 102 Å². The number of benzene rings is 4. The first-order valence-electron chi connectivity index (χ1n) is 22.1. The summed E-state index contributed by atoms with van der Waals surface area (Å²) in [5.74, 6) is -2.72. The van der Waals surface area contributed by atoms with E-state index in [0.717, 1.165) is 22.3 Å². The van der Waals surface area contributed by atoms with E-state index < -0.39 is 71.7 Å². The van der Waals surface area contributed by atoms with Crippen LogP contribution in [0.25, 0.3) is 0 Å². The van der Waals surface area contributed by atoms with Crippen molar-refractivity contribution >= 4 is 35.4 Å². The molecule has 14 nitrogen and oxygen atoms in total. The third-order valence-electron chi connectivity index (χ3n) is 10.5. The van der Waals surface area contributed by atoms with Crippen LogP contribution in [-0.4, -0.2) is 84.8 Å². The topological polar surface area (TPSA) is 227 Å². The molecule has 64 heavy (non-hydrogen) atoms. The summed E-state index contributed by atoms with van der Waals surface area (Å²) in [6, 6.07) is 31.1. The number of carbonyl (C=O) groups is 6. The fourth-order valence-corrected chi connectivity index (χ4v) is 7.19. The van der Waals surface area contributed by atoms with Gasteiger partial charge in [-0.05, 0) is 46.9 Å². The number of rotatable bonds is 25. The van der Waals surface area contributed by atoms with Crippen LogP contribution < -0.4 is 43.4 Å². The summed E-state index contributed by atoms with van der Waals surface area (Å²) in [6.07, 6.45) is 1.51. The van der Waals surface area contributed by atoms with Gasteiger partial charge in [-0.1, -0.05) is 149 Å². The SMILES string of the molecule is CC(C)C[C@H](N)C(=O)N[C@@H](Cc1ccccc1)C(=O)N[C@@H](Cc1ccccc1)C(=O)NCCNC(=O)[C@H](Cc1ccccc1)NC(=O)[C@H](Cc1ccccc1)NC(=O)[C@@H](N)CC(C)C. The second kappa shape index (κ2) is 26.3. The molecule has 0 aromatic heterocycles. The minimum Gasteiger partial charge on any atom is -0.353 e. The summed E-state index contributed by atoms with van der Waals surface area (Å²) in [7, 11) is 0. The standard InChI is InChI=1S/C50H66N8O6/c1-33(2)27-39(51)45(59)55-43(31-37-21-13-7-14-22-37)49(63)57-41(29-35-17-9-5-10-18-35)47(61)53-25-26-54-48(62)42(30-36-19-11-6-12-20-36)58-50(64)44(32-38-23-15-8-16-24-38)56-46(60)40(52)28-34(3)4/h5-24,33-34,39-44H,25-32,51-52H2,1-4H3,(H,53,61)(H,54,62)(H,55,59)(H,56,60)(H,57,63)(H,58,64)/t39-,40-,41-,42-,43-,44-/m0/s1. The second-order valence-electron chi connectivity index (χ2n) is 17.1. The van der Waals surface area contributed by atoms with Gasteiger partial charge in [-0.3, -0.25) is 28.8 Å². The van der Waals surface area contributed by atoms with Gasteiger partial charge in [-0.15, -0.1) is 0 Å². The highest BCUT2D eigenvalue weighted by Crippen LogP contribution is 2.11. The molecule has 14 heteroatoms. The maximum Gasteiger partial charge on any atom is 0.243 e. The summed E-state index contributed by atoms with van der Waals surface area (Å²) in [4.78, 5) is 82.0. The molecule has 0 radical (unpaired) electrons. The Morgan fingerprint density at radius 3 is 0.859 bits per heavy atom.